The van der Waals surface area contributed by atoms with Crippen molar-refractivity contribution in [3.63, 3.8) is 0 Å². The number of aromatic carboxylic acids is 1. The van der Waals surface area contributed by atoms with Crippen LogP contribution in [0.3, 0.4) is 0 Å². The molecule has 0 aromatic heterocycles. The number of hydrogen-bond acceptors (Lipinski definition) is 4. The van der Waals surface area contributed by atoms with E-state index < -0.39 is 23.7 Å². The molecular weight excluding hydrogens is 255 g/mol. The number of ether oxygens (including phenoxy) is 1. The predicted octanol–water partition coefficient (Wildman–Crippen LogP) is 0.826. The van der Waals surface area contributed by atoms with E-state index in [0.717, 1.165) is 18.2 Å². The van der Waals surface area contributed by atoms with Crippen molar-refractivity contribution in [1.29, 1.82) is 0 Å². The van der Waals surface area contributed by atoms with E-state index in [0.29, 0.717) is 6.61 Å². The fraction of sp³-hybridized carbons (Fsp3) is 0.333. The van der Waals surface area contributed by atoms with Gasteiger partial charge in [0.2, 0.25) is 5.91 Å². The molecule has 0 spiro atoms. The van der Waals surface area contributed by atoms with Crippen molar-refractivity contribution in [2.45, 2.75) is 12.5 Å². The number of hydrogen-bond donors (Lipinski definition) is 3. The van der Waals surface area contributed by atoms with E-state index >= 15 is 0 Å². The fourth-order valence-electron chi connectivity index (χ4n) is 1.36. The van der Waals surface area contributed by atoms with Gasteiger partial charge in [0.1, 0.15) is 5.82 Å². The molecule has 0 saturated carbocycles. The van der Waals surface area contributed by atoms with Gasteiger partial charge in [-0.15, -0.1) is 0 Å². The Bertz CT molecular complexity index is 479. The molecule has 7 heteroatoms. The molecule has 1 rings (SSSR count). The van der Waals surface area contributed by atoms with Crippen LogP contribution in [-0.2, 0) is 9.53 Å². The van der Waals surface area contributed by atoms with Gasteiger partial charge in [0.05, 0.1) is 17.3 Å². The summed E-state index contributed by atoms with van der Waals surface area (Å²) in [5.74, 6) is -2.53. The Morgan fingerprint density at radius 2 is 2.21 bits per heavy atom. The molecule has 4 N–H and O–H groups in total. The zero-order chi connectivity index (χ0) is 14.4. The summed E-state index contributed by atoms with van der Waals surface area (Å²) in [6, 6.07) is 2.27. The third-order valence-electron chi connectivity index (χ3n) is 2.44. The van der Waals surface area contributed by atoms with Crippen LogP contribution in [0.2, 0.25) is 0 Å². The van der Waals surface area contributed by atoms with Crippen LogP contribution in [0, 0.1) is 5.82 Å². The maximum Gasteiger partial charge on any atom is 0.335 e. The van der Waals surface area contributed by atoms with E-state index in [4.69, 9.17) is 15.6 Å². The summed E-state index contributed by atoms with van der Waals surface area (Å²) in [5.41, 5.74) is 5.23. The van der Waals surface area contributed by atoms with E-state index in [-0.39, 0.29) is 17.7 Å². The number of nitrogens with two attached hydrogens (primary N) is 1. The zero-order valence-corrected chi connectivity index (χ0v) is 10.4. The third-order valence-corrected chi connectivity index (χ3v) is 2.44. The van der Waals surface area contributed by atoms with Crippen LogP contribution in [0.25, 0.3) is 0 Å². The van der Waals surface area contributed by atoms with Crippen molar-refractivity contribution in [2.24, 2.45) is 5.73 Å². The Balaban J connectivity index is 2.78. The van der Waals surface area contributed by atoms with Gasteiger partial charge in [0.15, 0.2) is 0 Å². The molecule has 1 aromatic carbocycles. The smallest absolute Gasteiger partial charge is 0.335 e. The molecule has 0 aliphatic rings. The van der Waals surface area contributed by atoms with Gasteiger partial charge < -0.3 is 20.9 Å². The van der Waals surface area contributed by atoms with Crippen LogP contribution in [0.5, 0.6) is 0 Å². The standard InChI is InChI=1S/C12H15FN2O4/c1-19-5-4-9(14)11(16)15-10-6-7(12(17)18)2-3-8(10)13/h2-3,6,9H,4-5,14H2,1H3,(H,15,16)(H,17,18). The van der Waals surface area contributed by atoms with E-state index in [2.05, 4.69) is 5.32 Å². The number of carboxylic acid groups (broad SMARTS) is 1. The van der Waals surface area contributed by atoms with E-state index in [9.17, 15) is 14.0 Å². The van der Waals surface area contributed by atoms with Crippen LogP contribution < -0.4 is 11.1 Å². The second-order valence-electron chi connectivity index (χ2n) is 3.88. The number of carboxylic acids is 1. The van der Waals surface area contributed by atoms with Gasteiger partial charge in [-0.1, -0.05) is 0 Å². The quantitative estimate of drug-likeness (QED) is 0.710. The number of benzene rings is 1. The molecule has 104 valence electrons. The molecule has 0 saturated heterocycles. The van der Waals surface area contributed by atoms with Crippen molar-refractivity contribution in [3.05, 3.63) is 29.6 Å². The lowest BCUT2D eigenvalue weighted by atomic mass is 10.1. The molecule has 0 aliphatic carbocycles. The predicted molar refractivity (Wildman–Crippen MR) is 66.5 cm³/mol. The first kappa shape index (κ1) is 15.1. The van der Waals surface area contributed by atoms with Crippen molar-refractivity contribution in [3.8, 4) is 0 Å². The minimum atomic E-state index is -1.21. The van der Waals surface area contributed by atoms with Crippen LogP contribution in [0.4, 0.5) is 10.1 Å². The van der Waals surface area contributed by atoms with Crippen LogP contribution in [-0.4, -0.2) is 36.7 Å². The number of amides is 1. The summed E-state index contributed by atoms with van der Waals surface area (Å²) in [6.07, 6.45) is 0.280. The number of methoxy groups -OCH3 is 1. The highest BCUT2D eigenvalue weighted by Crippen LogP contribution is 2.16. The molecule has 1 amide bonds. The van der Waals surface area contributed by atoms with Crippen LogP contribution in [0.15, 0.2) is 18.2 Å². The summed E-state index contributed by atoms with van der Waals surface area (Å²) in [7, 11) is 1.47. The Morgan fingerprint density at radius 1 is 1.53 bits per heavy atom. The van der Waals surface area contributed by atoms with Gasteiger partial charge in [0, 0.05) is 13.7 Å². The normalized spacial score (nSPS) is 11.9. The first-order valence-corrected chi connectivity index (χ1v) is 5.54. The lowest BCUT2D eigenvalue weighted by Crippen LogP contribution is -2.36. The topological polar surface area (TPSA) is 102 Å². The van der Waals surface area contributed by atoms with Gasteiger partial charge in [-0.25, -0.2) is 9.18 Å². The monoisotopic (exact) mass is 270 g/mol. The Morgan fingerprint density at radius 3 is 2.79 bits per heavy atom. The average Bonchev–Trinajstić information content (AvgIpc) is 2.38. The van der Waals surface area contributed by atoms with Gasteiger partial charge in [0.25, 0.3) is 0 Å². The first-order valence-electron chi connectivity index (χ1n) is 5.54. The zero-order valence-electron chi connectivity index (χ0n) is 10.4. The van der Waals surface area contributed by atoms with Gasteiger partial charge in [-0.05, 0) is 24.6 Å². The molecule has 0 bridgehead atoms. The number of carbonyl (C=O) groups is 2. The molecule has 0 fully saturated rings. The summed E-state index contributed by atoms with van der Waals surface area (Å²) < 4.78 is 18.2. The molecule has 0 radical (unpaired) electrons. The maximum absolute atomic E-state index is 13.4. The average molecular weight is 270 g/mol. The minimum Gasteiger partial charge on any atom is -0.478 e. The number of halogens is 1. The summed E-state index contributed by atoms with van der Waals surface area (Å²) >= 11 is 0. The lowest BCUT2D eigenvalue weighted by Gasteiger charge is -2.12. The highest BCUT2D eigenvalue weighted by molar-refractivity contribution is 5.96. The number of nitrogens with one attached hydrogen (secondary N) is 1. The summed E-state index contributed by atoms with van der Waals surface area (Å²) in [6.45, 7) is 0.298. The van der Waals surface area contributed by atoms with Gasteiger partial charge in [-0.3, -0.25) is 4.79 Å². The third kappa shape index (κ3) is 4.31. The second kappa shape index (κ2) is 6.81. The van der Waals surface area contributed by atoms with Gasteiger partial charge in [-0.2, -0.15) is 0 Å². The Hall–Kier alpha value is -1.99. The van der Waals surface area contributed by atoms with Crippen LogP contribution in [0.1, 0.15) is 16.8 Å². The van der Waals surface area contributed by atoms with Gasteiger partial charge >= 0.3 is 5.97 Å². The number of carbonyl (C=O) groups excluding carboxylic acids is 1. The largest absolute Gasteiger partial charge is 0.478 e. The number of rotatable bonds is 6. The first-order chi connectivity index (χ1) is 8.95. The molecule has 0 aliphatic heterocycles. The molecule has 6 nitrogen and oxygen atoms in total. The van der Waals surface area contributed by atoms with Crippen molar-refractivity contribution in [2.75, 3.05) is 19.0 Å². The highest BCUT2D eigenvalue weighted by atomic mass is 19.1. The van der Waals surface area contributed by atoms with E-state index in [1.165, 1.54) is 7.11 Å². The lowest BCUT2D eigenvalue weighted by molar-refractivity contribution is -0.117. The molecule has 1 aromatic rings. The van der Waals surface area contributed by atoms with Crippen molar-refractivity contribution in [1.82, 2.24) is 0 Å². The maximum atomic E-state index is 13.4. The summed E-state index contributed by atoms with van der Waals surface area (Å²) in [5, 5.41) is 11.0. The van der Waals surface area contributed by atoms with Crippen LogP contribution >= 0.6 is 0 Å². The Labute approximate surface area is 109 Å². The van der Waals surface area contributed by atoms with E-state index in [1.54, 1.807) is 0 Å². The summed E-state index contributed by atoms with van der Waals surface area (Å²) in [4.78, 5) is 22.4. The minimum absolute atomic E-state index is 0.123. The molecule has 1 atom stereocenters. The molecule has 0 heterocycles. The SMILES string of the molecule is COCCC(N)C(=O)Nc1cc(C(=O)O)ccc1F. The molecular formula is C12H15FN2O4. The second-order valence-corrected chi connectivity index (χ2v) is 3.88. The van der Waals surface area contributed by atoms with Crippen molar-refractivity contribution >= 4 is 17.6 Å². The van der Waals surface area contributed by atoms with Crippen molar-refractivity contribution < 1.29 is 23.8 Å². The molecule has 1 unspecified atom stereocenters. The highest BCUT2D eigenvalue weighted by Gasteiger charge is 2.16. The fourth-order valence-corrected chi connectivity index (χ4v) is 1.36. The molecule has 19 heavy (non-hydrogen) atoms. The van der Waals surface area contributed by atoms with E-state index in [1.807, 2.05) is 0 Å². The Kier molecular flexibility index (Phi) is 5.40. The number of anilines is 1.